The summed E-state index contributed by atoms with van der Waals surface area (Å²) in [5, 5.41) is 8.00. The molecule has 10 heteroatoms. The van der Waals surface area contributed by atoms with Gasteiger partial charge in [0.25, 0.3) is 11.4 Å². The molecular weight excluding hydrogens is 440 g/mol. The molecule has 4 aromatic rings. The molecule has 0 atom stereocenters. The van der Waals surface area contributed by atoms with Crippen LogP contribution in [0.2, 0.25) is 0 Å². The third-order valence-electron chi connectivity index (χ3n) is 4.61. The van der Waals surface area contributed by atoms with E-state index in [4.69, 9.17) is 18.7 Å². The molecule has 2 aromatic heterocycles. The van der Waals surface area contributed by atoms with Crippen LogP contribution >= 0.6 is 0 Å². The first-order chi connectivity index (χ1) is 16.6. The Morgan fingerprint density at radius 3 is 2.62 bits per heavy atom. The minimum Gasteiger partial charge on any atom is -0.493 e. The summed E-state index contributed by atoms with van der Waals surface area (Å²) in [6.45, 7) is 2.50. The van der Waals surface area contributed by atoms with Gasteiger partial charge < -0.3 is 18.7 Å². The zero-order valence-electron chi connectivity index (χ0n) is 18.4. The molecular formula is C24H22N4O6. The van der Waals surface area contributed by atoms with Crippen molar-refractivity contribution >= 4 is 5.97 Å². The van der Waals surface area contributed by atoms with E-state index in [1.807, 2.05) is 49.4 Å². The molecule has 2 aromatic carbocycles. The molecule has 34 heavy (non-hydrogen) atoms. The van der Waals surface area contributed by atoms with Gasteiger partial charge >= 0.3 is 5.97 Å². The van der Waals surface area contributed by atoms with Crippen LogP contribution in [0.4, 0.5) is 0 Å². The molecule has 0 fully saturated rings. The summed E-state index contributed by atoms with van der Waals surface area (Å²) in [5.41, 5.74) is 0.278. The molecule has 0 aliphatic heterocycles. The number of carbonyl (C=O) groups excluding carboxylic acids is 1. The molecule has 0 saturated heterocycles. The molecule has 174 valence electrons. The third kappa shape index (κ3) is 5.66. The van der Waals surface area contributed by atoms with Crippen LogP contribution in [0, 0.1) is 0 Å². The average molecular weight is 462 g/mol. The fourth-order valence-corrected chi connectivity index (χ4v) is 3.04. The Bertz CT molecular complexity index is 1300. The molecule has 0 bridgehead atoms. The van der Waals surface area contributed by atoms with Gasteiger partial charge in [0, 0.05) is 6.07 Å². The number of aromatic nitrogens is 4. The van der Waals surface area contributed by atoms with E-state index >= 15 is 0 Å². The SMILES string of the molecule is CCOc1ccccc1-c1noc(COC(=O)c2ccc(=O)n(CCOc3ccccc3)n2)n1. The van der Waals surface area contributed by atoms with Gasteiger partial charge in [0.15, 0.2) is 12.3 Å². The van der Waals surface area contributed by atoms with Crippen molar-refractivity contribution in [2.45, 2.75) is 20.1 Å². The maximum Gasteiger partial charge on any atom is 0.359 e. The fraction of sp³-hybridized carbons (Fsp3) is 0.208. The Morgan fingerprint density at radius 1 is 1.00 bits per heavy atom. The van der Waals surface area contributed by atoms with Crippen molar-refractivity contribution in [3.8, 4) is 22.9 Å². The maximum absolute atomic E-state index is 12.5. The number of benzene rings is 2. The summed E-state index contributed by atoms with van der Waals surface area (Å²) in [7, 11) is 0. The monoisotopic (exact) mass is 462 g/mol. The van der Waals surface area contributed by atoms with Crippen molar-refractivity contribution in [1.82, 2.24) is 19.9 Å². The minimum absolute atomic E-state index is 0.0271. The standard InChI is InChI=1S/C24H22N4O6/c1-2-31-20-11-7-6-10-18(20)23-25-21(34-27-23)16-33-24(30)19-12-13-22(29)28(26-19)14-15-32-17-8-4-3-5-9-17/h3-13H,2,14-16H2,1H3. The molecule has 0 spiro atoms. The molecule has 0 saturated carbocycles. The average Bonchev–Trinajstić information content (AvgIpc) is 3.34. The van der Waals surface area contributed by atoms with Crippen molar-refractivity contribution in [3.63, 3.8) is 0 Å². The van der Waals surface area contributed by atoms with E-state index < -0.39 is 5.97 Å². The van der Waals surface area contributed by atoms with Crippen LogP contribution in [0.1, 0.15) is 23.3 Å². The highest BCUT2D eigenvalue weighted by molar-refractivity contribution is 5.86. The zero-order valence-corrected chi connectivity index (χ0v) is 18.4. The number of para-hydroxylation sites is 2. The van der Waals surface area contributed by atoms with Crippen LogP contribution < -0.4 is 15.0 Å². The highest BCUT2D eigenvalue weighted by Crippen LogP contribution is 2.27. The third-order valence-corrected chi connectivity index (χ3v) is 4.61. The molecule has 0 unspecified atom stereocenters. The van der Waals surface area contributed by atoms with E-state index in [2.05, 4.69) is 15.2 Å². The van der Waals surface area contributed by atoms with Crippen molar-refractivity contribution in [2.75, 3.05) is 13.2 Å². The van der Waals surface area contributed by atoms with E-state index in [0.29, 0.717) is 29.5 Å². The zero-order chi connectivity index (χ0) is 23.8. The lowest BCUT2D eigenvalue weighted by Crippen LogP contribution is -2.27. The van der Waals surface area contributed by atoms with Crippen LogP contribution in [-0.4, -0.2) is 39.1 Å². The van der Waals surface area contributed by atoms with Crippen LogP contribution in [0.5, 0.6) is 11.5 Å². The van der Waals surface area contributed by atoms with Crippen molar-refractivity contribution in [2.24, 2.45) is 0 Å². The lowest BCUT2D eigenvalue weighted by Gasteiger charge is -2.08. The summed E-state index contributed by atoms with van der Waals surface area (Å²) < 4.78 is 22.7. The first-order valence-corrected chi connectivity index (χ1v) is 10.6. The Labute approximate surface area is 194 Å². The Balaban J connectivity index is 1.36. The van der Waals surface area contributed by atoms with Gasteiger partial charge in [-0.15, -0.1) is 0 Å². The predicted octanol–water partition coefficient (Wildman–Crippen LogP) is 3.13. The number of rotatable bonds is 10. The van der Waals surface area contributed by atoms with Gasteiger partial charge in [-0.2, -0.15) is 10.1 Å². The van der Waals surface area contributed by atoms with E-state index in [0.717, 1.165) is 4.68 Å². The number of esters is 1. The first-order valence-electron chi connectivity index (χ1n) is 10.6. The van der Waals surface area contributed by atoms with Crippen molar-refractivity contribution in [1.29, 1.82) is 0 Å². The van der Waals surface area contributed by atoms with Crippen molar-refractivity contribution < 1.29 is 23.5 Å². The van der Waals surface area contributed by atoms with E-state index in [9.17, 15) is 9.59 Å². The molecule has 0 N–H and O–H groups in total. The van der Waals surface area contributed by atoms with Gasteiger partial charge in [0.2, 0.25) is 5.82 Å². The molecule has 0 radical (unpaired) electrons. The van der Waals surface area contributed by atoms with Crippen LogP contribution in [0.15, 0.2) is 76.0 Å². The van der Waals surface area contributed by atoms with Gasteiger partial charge in [-0.25, -0.2) is 9.48 Å². The van der Waals surface area contributed by atoms with Crippen LogP contribution in [-0.2, 0) is 17.9 Å². The molecule has 10 nitrogen and oxygen atoms in total. The van der Waals surface area contributed by atoms with Crippen molar-refractivity contribution in [3.05, 3.63) is 88.7 Å². The Morgan fingerprint density at radius 2 is 1.79 bits per heavy atom. The highest BCUT2D eigenvalue weighted by atomic mass is 16.6. The molecule has 4 rings (SSSR count). The number of nitrogens with zero attached hydrogens (tertiary/aromatic N) is 4. The number of carbonyl (C=O) groups is 1. The molecule has 0 aliphatic carbocycles. The fourth-order valence-electron chi connectivity index (χ4n) is 3.04. The normalized spacial score (nSPS) is 10.6. The van der Waals surface area contributed by atoms with Crippen LogP contribution in [0.25, 0.3) is 11.4 Å². The predicted molar refractivity (Wildman–Crippen MR) is 120 cm³/mol. The number of hydrogen-bond acceptors (Lipinski definition) is 9. The topological polar surface area (TPSA) is 119 Å². The van der Waals surface area contributed by atoms with Gasteiger partial charge in [0.05, 0.1) is 18.7 Å². The number of ether oxygens (including phenoxy) is 3. The molecule has 0 aliphatic rings. The van der Waals surface area contributed by atoms with Gasteiger partial charge in [-0.05, 0) is 37.3 Å². The maximum atomic E-state index is 12.5. The molecule has 0 amide bonds. The van der Waals surface area contributed by atoms with Gasteiger partial charge in [0.1, 0.15) is 18.1 Å². The minimum atomic E-state index is -0.729. The highest BCUT2D eigenvalue weighted by Gasteiger charge is 2.16. The quantitative estimate of drug-likeness (QED) is 0.327. The second-order valence-corrected chi connectivity index (χ2v) is 6.96. The summed E-state index contributed by atoms with van der Waals surface area (Å²) in [6.07, 6.45) is 0. The van der Waals surface area contributed by atoms with E-state index in [1.54, 1.807) is 12.1 Å². The lowest BCUT2D eigenvalue weighted by molar-refractivity contribution is 0.0419. The summed E-state index contributed by atoms with van der Waals surface area (Å²) in [5.74, 6) is 0.998. The number of hydrogen-bond donors (Lipinski definition) is 0. The summed E-state index contributed by atoms with van der Waals surface area (Å²) >= 11 is 0. The second kappa shape index (κ2) is 10.9. The van der Waals surface area contributed by atoms with Gasteiger partial charge in [-0.1, -0.05) is 35.5 Å². The largest absolute Gasteiger partial charge is 0.493 e. The van der Waals surface area contributed by atoms with E-state index in [1.165, 1.54) is 12.1 Å². The Kier molecular flexibility index (Phi) is 7.28. The van der Waals surface area contributed by atoms with Crippen LogP contribution in [0.3, 0.4) is 0 Å². The molecule has 2 heterocycles. The first kappa shape index (κ1) is 22.7. The summed E-state index contributed by atoms with van der Waals surface area (Å²) in [6, 6.07) is 19.0. The second-order valence-electron chi connectivity index (χ2n) is 6.96. The summed E-state index contributed by atoms with van der Waals surface area (Å²) in [4.78, 5) is 28.8. The Hall–Kier alpha value is -4.47. The van der Waals surface area contributed by atoms with E-state index in [-0.39, 0.29) is 36.9 Å². The smallest absolute Gasteiger partial charge is 0.359 e. The lowest BCUT2D eigenvalue weighted by atomic mass is 10.2. The van der Waals surface area contributed by atoms with Gasteiger partial charge in [-0.3, -0.25) is 4.79 Å².